The predicted molar refractivity (Wildman–Crippen MR) is 91.4 cm³/mol. The van der Waals surface area contributed by atoms with E-state index < -0.39 is 12.1 Å². The Bertz CT molecular complexity index is 722. The molecule has 2 aromatic carbocycles. The van der Waals surface area contributed by atoms with Crippen LogP contribution in [-0.2, 0) is 4.74 Å². The fourth-order valence-corrected chi connectivity index (χ4v) is 2.23. The lowest BCUT2D eigenvalue weighted by Crippen LogP contribution is -2.40. The molecule has 120 valence electrons. The number of rotatable bonds is 3. The number of nitrogens with one attached hydrogen (secondary N) is 1. The molecule has 0 atom stereocenters. The molecule has 1 N–H and O–H groups in total. The predicted octanol–water partition coefficient (Wildman–Crippen LogP) is 5.19. The smallest absolute Gasteiger partial charge is 0.422 e. The van der Waals surface area contributed by atoms with Crippen LogP contribution in [-0.4, -0.2) is 18.7 Å². The molecule has 0 heterocycles. The molecule has 0 aliphatic rings. The van der Waals surface area contributed by atoms with Crippen LogP contribution in [0.2, 0.25) is 10.0 Å². The van der Waals surface area contributed by atoms with E-state index in [0.717, 1.165) is 4.90 Å². The van der Waals surface area contributed by atoms with Crippen molar-refractivity contribution in [3.05, 3.63) is 58.6 Å². The van der Waals surface area contributed by atoms with Crippen molar-refractivity contribution >= 4 is 46.7 Å². The Morgan fingerprint density at radius 2 is 1.74 bits per heavy atom. The minimum atomic E-state index is -0.797. The van der Waals surface area contributed by atoms with E-state index in [1.165, 1.54) is 6.07 Å². The molecule has 0 spiro atoms. The van der Waals surface area contributed by atoms with Gasteiger partial charge in [-0.25, -0.2) is 9.59 Å². The Labute approximate surface area is 143 Å². The van der Waals surface area contributed by atoms with Crippen LogP contribution in [0.1, 0.15) is 6.92 Å². The SMILES string of the molecule is CCOC(=O)N(C(=O)Nc1cccc(Cl)c1)c1cccc(Cl)c1. The van der Waals surface area contributed by atoms with Gasteiger partial charge in [0.1, 0.15) is 0 Å². The topological polar surface area (TPSA) is 58.6 Å². The maximum Gasteiger partial charge on any atom is 0.422 e. The van der Waals surface area contributed by atoms with Crippen molar-refractivity contribution < 1.29 is 14.3 Å². The zero-order valence-electron chi connectivity index (χ0n) is 12.3. The molecule has 0 bridgehead atoms. The van der Waals surface area contributed by atoms with E-state index in [4.69, 9.17) is 27.9 Å². The minimum Gasteiger partial charge on any atom is -0.449 e. The van der Waals surface area contributed by atoms with Crippen molar-refractivity contribution in [2.24, 2.45) is 0 Å². The number of carbonyl (C=O) groups is 2. The third-order valence-corrected chi connectivity index (χ3v) is 3.27. The van der Waals surface area contributed by atoms with Gasteiger partial charge in [-0.1, -0.05) is 35.3 Å². The average molecular weight is 353 g/mol. The summed E-state index contributed by atoms with van der Waals surface area (Å²) in [5.41, 5.74) is 0.759. The van der Waals surface area contributed by atoms with Crippen molar-refractivity contribution in [2.75, 3.05) is 16.8 Å². The highest BCUT2D eigenvalue weighted by molar-refractivity contribution is 6.31. The number of imide groups is 1. The Balaban J connectivity index is 2.29. The number of urea groups is 1. The van der Waals surface area contributed by atoms with Gasteiger partial charge in [0.25, 0.3) is 0 Å². The minimum absolute atomic E-state index is 0.139. The van der Waals surface area contributed by atoms with Crippen LogP contribution in [0.3, 0.4) is 0 Å². The second-order valence-corrected chi connectivity index (χ2v) is 5.33. The molecule has 0 radical (unpaired) electrons. The van der Waals surface area contributed by atoms with Crippen molar-refractivity contribution in [3.8, 4) is 0 Å². The van der Waals surface area contributed by atoms with Gasteiger partial charge < -0.3 is 10.1 Å². The molecular formula is C16H14Cl2N2O3. The first kappa shape index (κ1) is 17.1. The highest BCUT2D eigenvalue weighted by atomic mass is 35.5. The maximum absolute atomic E-state index is 12.5. The third kappa shape index (κ3) is 4.61. The average Bonchev–Trinajstić information content (AvgIpc) is 2.47. The number of hydrogen-bond acceptors (Lipinski definition) is 3. The molecule has 0 aliphatic heterocycles. The third-order valence-electron chi connectivity index (χ3n) is 2.80. The summed E-state index contributed by atoms with van der Waals surface area (Å²) in [5, 5.41) is 3.46. The lowest BCUT2D eigenvalue weighted by Gasteiger charge is -2.20. The number of amides is 3. The first-order chi connectivity index (χ1) is 11.0. The molecule has 0 aromatic heterocycles. The Morgan fingerprint density at radius 1 is 1.09 bits per heavy atom. The molecule has 2 aromatic rings. The maximum atomic E-state index is 12.5. The lowest BCUT2D eigenvalue weighted by molar-refractivity contribution is 0.161. The van der Waals surface area contributed by atoms with Crippen molar-refractivity contribution in [2.45, 2.75) is 6.92 Å². The Hall–Kier alpha value is -2.24. The summed E-state index contributed by atoms with van der Waals surface area (Å²) in [4.78, 5) is 25.5. The highest BCUT2D eigenvalue weighted by Crippen LogP contribution is 2.22. The molecule has 0 aliphatic carbocycles. The zero-order valence-corrected chi connectivity index (χ0v) is 13.8. The second kappa shape index (κ2) is 7.85. The summed E-state index contributed by atoms with van der Waals surface area (Å²) >= 11 is 11.8. The van der Waals surface area contributed by atoms with Gasteiger partial charge in [0.2, 0.25) is 0 Å². The quantitative estimate of drug-likeness (QED) is 0.826. The molecular weight excluding hydrogens is 339 g/mol. The van der Waals surface area contributed by atoms with Gasteiger partial charge >= 0.3 is 12.1 Å². The molecule has 0 saturated carbocycles. The molecule has 0 saturated heterocycles. The molecule has 7 heteroatoms. The van der Waals surface area contributed by atoms with E-state index in [9.17, 15) is 9.59 Å². The largest absolute Gasteiger partial charge is 0.449 e. The number of halogens is 2. The van der Waals surface area contributed by atoms with Gasteiger partial charge in [-0.3, -0.25) is 0 Å². The van der Waals surface area contributed by atoms with Crippen LogP contribution in [0, 0.1) is 0 Å². The van der Waals surface area contributed by atoms with Crippen LogP contribution < -0.4 is 10.2 Å². The summed E-state index contributed by atoms with van der Waals surface area (Å²) < 4.78 is 4.94. The summed E-state index contributed by atoms with van der Waals surface area (Å²) in [6.45, 7) is 1.79. The summed E-state index contributed by atoms with van der Waals surface area (Å²) in [7, 11) is 0. The molecule has 0 unspecified atom stereocenters. The van der Waals surface area contributed by atoms with Crippen molar-refractivity contribution in [1.29, 1.82) is 0 Å². The van der Waals surface area contributed by atoms with Crippen molar-refractivity contribution in [1.82, 2.24) is 0 Å². The number of hydrogen-bond donors (Lipinski definition) is 1. The molecule has 5 nitrogen and oxygen atoms in total. The van der Waals surface area contributed by atoms with Crippen LogP contribution in [0.15, 0.2) is 48.5 Å². The van der Waals surface area contributed by atoms with E-state index in [1.54, 1.807) is 49.4 Å². The van der Waals surface area contributed by atoms with E-state index >= 15 is 0 Å². The van der Waals surface area contributed by atoms with Gasteiger partial charge in [-0.05, 0) is 43.3 Å². The standard InChI is InChI=1S/C16H14Cl2N2O3/c1-2-23-16(22)20(14-8-4-6-12(18)10-14)15(21)19-13-7-3-5-11(17)9-13/h3-10H,2H2,1H3,(H,19,21). The van der Waals surface area contributed by atoms with E-state index in [0.29, 0.717) is 21.4 Å². The van der Waals surface area contributed by atoms with Gasteiger partial charge in [0.05, 0.1) is 12.3 Å². The fraction of sp³-hybridized carbons (Fsp3) is 0.125. The summed E-state index contributed by atoms with van der Waals surface area (Å²) in [6, 6.07) is 12.3. The number of benzene rings is 2. The molecule has 0 fully saturated rings. The van der Waals surface area contributed by atoms with Crippen LogP contribution >= 0.6 is 23.2 Å². The van der Waals surface area contributed by atoms with Crippen LogP contribution in [0.4, 0.5) is 21.0 Å². The fourth-order valence-electron chi connectivity index (χ4n) is 1.85. The Kier molecular flexibility index (Phi) is 5.84. The molecule has 2 rings (SSSR count). The van der Waals surface area contributed by atoms with Crippen LogP contribution in [0.25, 0.3) is 0 Å². The number of ether oxygens (including phenoxy) is 1. The second-order valence-electron chi connectivity index (χ2n) is 4.45. The Morgan fingerprint density at radius 3 is 2.35 bits per heavy atom. The first-order valence-electron chi connectivity index (χ1n) is 6.80. The van der Waals surface area contributed by atoms with E-state index in [-0.39, 0.29) is 6.61 Å². The summed E-state index contributed by atoms with van der Waals surface area (Å²) in [6.07, 6.45) is -0.797. The van der Waals surface area contributed by atoms with Crippen molar-refractivity contribution in [3.63, 3.8) is 0 Å². The molecule has 3 amide bonds. The number of carbonyl (C=O) groups excluding carboxylic acids is 2. The van der Waals surface area contributed by atoms with Gasteiger partial charge in [0.15, 0.2) is 0 Å². The van der Waals surface area contributed by atoms with Gasteiger partial charge in [-0.15, -0.1) is 0 Å². The summed E-state index contributed by atoms with van der Waals surface area (Å²) in [5.74, 6) is 0. The first-order valence-corrected chi connectivity index (χ1v) is 7.56. The van der Waals surface area contributed by atoms with E-state index in [1.807, 2.05) is 0 Å². The number of anilines is 2. The van der Waals surface area contributed by atoms with Gasteiger partial charge in [-0.2, -0.15) is 4.90 Å². The lowest BCUT2D eigenvalue weighted by atomic mass is 10.3. The highest BCUT2D eigenvalue weighted by Gasteiger charge is 2.25. The molecule has 23 heavy (non-hydrogen) atoms. The van der Waals surface area contributed by atoms with E-state index in [2.05, 4.69) is 5.32 Å². The van der Waals surface area contributed by atoms with Gasteiger partial charge in [0, 0.05) is 15.7 Å². The monoisotopic (exact) mass is 352 g/mol. The number of nitrogens with zero attached hydrogens (tertiary/aromatic N) is 1. The normalized spacial score (nSPS) is 10.0. The zero-order chi connectivity index (χ0) is 16.8. The van der Waals surface area contributed by atoms with Crippen LogP contribution in [0.5, 0.6) is 0 Å².